The summed E-state index contributed by atoms with van der Waals surface area (Å²) in [6, 6.07) is 3.50. The molecule has 100 valence electrons. The Labute approximate surface area is 108 Å². The molecule has 1 aromatic rings. The third-order valence-corrected chi connectivity index (χ3v) is 2.59. The Kier molecular flexibility index (Phi) is 3.37. The first-order chi connectivity index (χ1) is 8.97. The molecular weight excluding hydrogens is 252 g/mol. The molecule has 0 fully saturated rings. The van der Waals surface area contributed by atoms with Crippen LogP contribution in [-0.4, -0.2) is 35.5 Å². The first kappa shape index (κ1) is 12.9. The van der Waals surface area contributed by atoms with Gasteiger partial charge in [-0.3, -0.25) is 14.4 Å². The van der Waals surface area contributed by atoms with Crippen molar-refractivity contribution in [1.82, 2.24) is 5.32 Å². The monoisotopic (exact) mass is 264 g/mol. The summed E-state index contributed by atoms with van der Waals surface area (Å²) in [6.45, 7) is 1.30. The van der Waals surface area contributed by atoms with Crippen LogP contribution in [0, 0.1) is 0 Å². The van der Waals surface area contributed by atoms with Gasteiger partial charge in [0.05, 0.1) is 5.69 Å². The normalized spacial score (nSPS) is 14.7. The number of fused-ring (bicyclic) bond motifs is 1. The lowest BCUT2D eigenvalue weighted by Gasteiger charge is -2.18. The predicted molar refractivity (Wildman–Crippen MR) is 65.1 cm³/mol. The minimum absolute atomic E-state index is 0.0609. The Bertz CT molecular complexity index is 555. The number of carboxylic acid groups (broad SMARTS) is 1. The smallest absolute Gasteiger partial charge is 0.325 e. The van der Waals surface area contributed by atoms with E-state index in [9.17, 15) is 14.4 Å². The number of hydrogen-bond acceptors (Lipinski definition) is 4. The number of carboxylic acids is 1. The number of aliphatic carboxylic acids is 1. The van der Waals surface area contributed by atoms with Crippen LogP contribution in [0.3, 0.4) is 0 Å². The number of anilines is 1. The first-order valence-corrected chi connectivity index (χ1v) is 5.58. The largest absolute Gasteiger partial charge is 0.482 e. The fourth-order valence-electron chi connectivity index (χ4n) is 1.57. The van der Waals surface area contributed by atoms with Gasteiger partial charge in [0.15, 0.2) is 6.61 Å². The molecule has 1 aliphatic rings. The van der Waals surface area contributed by atoms with E-state index < -0.39 is 17.9 Å². The zero-order valence-corrected chi connectivity index (χ0v) is 10.1. The van der Waals surface area contributed by atoms with Crippen LogP contribution in [-0.2, 0) is 9.59 Å². The molecule has 2 rings (SSSR count). The molecule has 0 bridgehead atoms. The summed E-state index contributed by atoms with van der Waals surface area (Å²) in [5, 5.41) is 13.6. The summed E-state index contributed by atoms with van der Waals surface area (Å²) in [7, 11) is 0. The van der Waals surface area contributed by atoms with Crippen LogP contribution in [0.4, 0.5) is 5.69 Å². The Hall–Kier alpha value is -2.57. The fourth-order valence-corrected chi connectivity index (χ4v) is 1.57. The van der Waals surface area contributed by atoms with Crippen molar-refractivity contribution in [2.75, 3.05) is 11.9 Å². The molecular formula is C12H12N2O5. The molecule has 0 radical (unpaired) electrons. The number of carbonyl (C=O) groups is 3. The lowest BCUT2D eigenvalue weighted by Crippen LogP contribution is -2.38. The van der Waals surface area contributed by atoms with Crippen molar-refractivity contribution in [2.24, 2.45) is 0 Å². The summed E-state index contributed by atoms with van der Waals surface area (Å²) in [4.78, 5) is 33.6. The van der Waals surface area contributed by atoms with E-state index in [1.54, 1.807) is 6.07 Å². The summed E-state index contributed by atoms with van der Waals surface area (Å²) in [5.41, 5.74) is 0.643. The Balaban J connectivity index is 2.17. The minimum Gasteiger partial charge on any atom is -0.482 e. The van der Waals surface area contributed by atoms with Gasteiger partial charge < -0.3 is 20.5 Å². The van der Waals surface area contributed by atoms with Crippen molar-refractivity contribution >= 4 is 23.5 Å². The van der Waals surface area contributed by atoms with Gasteiger partial charge >= 0.3 is 5.97 Å². The highest BCUT2D eigenvalue weighted by Crippen LogP contribution is 2.28. The van der Waals surface area contributed by atoms with Crippen molar-refractivity contribution in [3.05, 3.63) is 23.8 Å². The summed E-state index contributed by atoms with van der Waals surface area (Å²) in [5.74, 6) is -1.48. The van der Waals surface area contributed by atoms with Gasteiger partial charge in [0.2, 0.25) is 0 Å². The van der Waals surface area contributed by atoms with E-state index in [4.69, 9.17) is 9.84 Å². The quantitative estimate of drug-likeness (QED) is 0.724. The second-order valence-electron chi connectivity index (χ2n) is 4.08. The molecule has 0 saturated heterocycles. The standard InChI is InChI=1S/C12H12N2O5/c1-6(12(17)18)13-11(16)7-2-3-9-8(4-7)14-10(15)5-19-9/h2-4,6H,5H2,1H3,(H,13,16)(H,14,15)(H,17,18). The number of benzene rings is 1. The van der Waals surface area contributed by atoms with Crippen LogP contribution in [0.1, 0.15) is 17.3 Å². The topological polar surface area (TPSA) is 105 Å². The van der Waals surface area contributed by atoms with Crippen LogP contribution in [0.5, 0.6) is 5.75 Å². The van der Waals surface area contributed by atoms with Crippen molar-refractivity contribution in [2.45, 2.75) is 13.0 Å². The summed E-state index contributed by atoms with van der Waals surface area (Å²) in [6.07, 6.45) is 0. The van der Waals surface area contributed by atoms with E-state index in [0.29, 0.717) is 11.4 Å². The van der Waals surface area contributed by atoms with Gasteiger partial charge in [-0.2, -0.15) is 0 Å². The van der Waals surface area contributed by atoms with Crippen molar-refractivity contribution in [3.8, 4) is 5.75 Å². The number of rotatable bonds is 3. The maximum Gasteiger partial charge on any atom is 0.325 e. The molecule has 0 spiro atoms. The Morgan fingerprint density at radius 3 is 2.89 bits per heavy atom. The molecule has 0 saturated carbocycles. The van der Waals surface area contributed by atoms with Crippen LogP contribution in [0.2, 0.25) is 0 Å². The maximum absolute atomic E-state index is 11.8. The highest BCUT2D eigenvalue weighted by atomic mass is 16.5. The van der Waals surface area contributed by atoms with Gasteiger partial charge in [-0.15, -0.1) is 0 Å². The lowest BCUT2D eigenvalue weighted by atomic mass is 10.1. The molecule has 1 aliphatic heterocycles. The SMILES string of the molecule is CC(NC(=O)c1ccc2c(c1)NC(=O)CO2)C(=O)O. The van der Waals surface area contributed by atoms with Crippen LogP contribution in [0.15, 0.2) is 18.2 Å². The molecule has 1 atom stereocenters. The predicted octanol–water partition coefficient (Wildman–Crippen LogP) is 0.220. The third-order valence-electron chi connectivity index (χ3n) is 2.59. The van der Waals surface area contributed by atoms with E-state index in [0.717, 1.165) is 0 Å². The average Bonchev–Trinajstić information content (AvgIpc) is 2.37. The second-order valence-corrected chi connectivity index (χ2v) is 4.08. The Morgan fingerprint density at radius 1 is 1.47 bits per heavy atom. The maximum atomic E-state index is 11.8. The van der Waals surface area contributed by atoms with Crippen molar-refractivity contribution < 1.29 is 24.2 Å². The fraction of sp³-hybridized carbons (Fsp3) is 0.250. The van der Waals surface area contributed by atoms with Gasteiger partial charge in [0.25, 0.3) is 11.8 Å². The lowest BCUT2D eigenvalue weighted by molar-refractivity contribution is -0.138. The molecule has 1 aromatic carbocycles. The van der Waals surface area contributed by atoms with Gasteiger partial charge in [-0.05, 0) is 25.1 Å². The number of amides is 2. The van der Waals surface area contributed by atoms with E-state index in [1.165, 1.54) is 19.1 Å². The van der Waals surface area contributed by atoms with E-state index in [1.807, 2.05) is 0 Å². The summed E-state index contributed by atoms with van der Waals surface area (Å²) < 4.78 is 5.15. The molecule has 1 heterocycles. The number of nitrogens with one attached hydrogen (secondary N) is 2. The molecule has 3 N–H and O–H groups in total. The number of ether oxygens (including phenoxy) is 1. The molecule has 0 aliphatic carbocycles. The minimum atomic E-state index is -1.12. The van der Waals surface area contributed by atoms with Crippen molar-refractivity contribution in [3.63, 3.8) is 0 Å². The van der Waals surface area contributed by atoms with E-state index in [2.05, 4.69) is 10.6 Å². The Morgan fingerprint density at radius 2 is 2.21 bits per heavy atom. The van der Waals surface area contributed by atoms with Crippen LogP contribution < -0.4 is 15.4 Å². The first-order valence-electron chi connectivity index (χ1n) is 5.58. The molecule has 2 amide bonds. The molecule has 7 nitrogen and oxygen atoms in total. The van der Waals surface area contributed by atoms with E-state index >= 15 is 0 Å². The number of hydrogen-bond donors (Lipinski definition) is 3. The van der Waals surface area contributed by atoms with Crippen LogP contribution >= 0.6 is 0 Å². The average molecular weight is 264 g/mol. The molecule has 0 aromatic heterocycles. The summed E-state index contributed by atoms with van der Waals surface area (Å²) >= 11 is 0. The molecule has 7 heteroatoms. The van der Waals surface area contributed by atoms with Crippen LogP contribution in [0.25, 0.3) is 0 Å². The second kappa shape index (κ2) is 4.97. The third kappa shape index (κ3) is 2.82. The zero-order chi connectivity index (χ0) is 14.0. The molecule has 19 heavy (non-hydrogen) atoms. The van der Waals surface area contributed by atoms with Gasteiger partial charge in [0.1, 0.15) is 11.8 Å². The van der Waals surface area contributed by atoms with Gasteiger partial charge in [-0.1, -0.05) is 0 Å². The zero-order valence-electron chi connectivity index (χ0n) is 10.1. The highest BCUT2D eigenvalue weighted by molar-refractivity contribution is 6.00. The van der Waals surface area contributed by atoms with Gasteiger partial charge in [0, 0.05) is 5.56 Å². The number of carbonyl (C=O) groups excluding carboxylic acids is 2. The van der Waals surface area contributed by atoms with Crippen molar-refractivity contribution in [1.29, 1.82) is 0 Å². The van der Waals surface area contributed by atoms with E-state index in [-0.39, 0.29) is 18.1 Å². The van der Waals surface area contributed by atoms with Gasteiger partial charge in [-0.25, -0.2) is 0 Å². The molecule has 1 unspecified atom stereocenters. The highest BCUT2D eigenvalue weighted by Gasteiger charge is 2.19.